The Labute approximate surface area is 112 Å². The first kappa shape index (κ1) is 14.8. The van der Waals surface area contributed by atoms with E-state index in [1.165, 1.54) is 6.07 Å². The zero-order chi connectivity index (χ0) is 14.3. The lowest BCUT2D eigenvalue weighted by molar-refractivity contribution is -0.385. The molecule has 1 aromatic carbocycles. The molecule has 0 spiro atoms. The Morgan fingerprint density at radius 2 is 2.16 bits per heavy atom. The number of ether oxygens (including phenoxy) is 1. The van der Waals surface area contributed by atoms with Crippen LogP contribution in [0.5, 0.6) is 5.75 Å². The molecule has 5 nitrogen and oxygen atoms in total. The summed E-state index contributed by atoms with van der Waals surface area (Å²) in [6.45, 7) is 8.28. The molecule has 19 heavy (non-hydrogen) atoms. The fourth-order valence-electron chi connectivity index (χ4n) is 1.56. The van der Waals surface area contributed by atoms with E-state index in [2.05, 4.69) is 13.2 Å². The van der Waals surface area contributed by atoms with E-state index >= 15 is 0 Å². The Bertz CT molecular complexity index is 472. The Balaban J connectivity index is 2.99. The molecule has 0 aliphatic carbocycles. The fourth-order valence-corrected chi connectivity index (χ4v) is 1.56. The highest BCUT2D eigenvalue weighted by Crippen LogP contribution is 2.31. The van der Waals surface area contributed by atoms with Gasteiger partial charge in [-0.1, -0.05) is 12.2 Å². The topological polar surface area (TPSA) is 55.6 Å². The average molecular weight is 262 g/mol. The number of likely N-dealkylation sites (N-methyl/N-ethyl adjacent to an activating group) is 1. The van der Waals surface area contributed by atoms with Crippen LogP contribution in [0.3, 0.4) is 0 Å². The third-order valence-electron chi connectivity index (χ3n) is 2.56. The minimum atomic E-state index is -0.444. The van der Waals surface area contributed by atoms with E-state index in [0.29, 0.717) is 19.6 Å². The molecule has 0 bridgehead atoms. The predicted molar refractivity (Wildman–Crippen MR) is 76.9 cm³/mol. The summed E-state index contributed by atoms with van der Waals surface area (Å²) < 4.78 is 5.44. The number of nitro groups is 1. The van der Waals surface area contributed by atoms with Crippen LogP contribution in [0.4, 0.5) is 11.4 Å². The lowest BCUT2D eigenvalue weighted by atomic mass is 10.2. The van der Waals surface area contributed by atoms with Crippen molar-refractivity contribution in [2.75, 3.05) is 25.1 Å². The number of benzene rings is 1. The van der Waals surface area contributed by atoms with Crippen LogP contribution < -0.4 is 9.64 Å². The number of hydrogen-bond donors (Lipinski definition) is 0. The lowest BCUT2D eigenvalue weighted by Gasteiger charge is -2.18. The Morgan fingerprint density at radius 3 is 2.74 bits per heavy atom. The van der Waals surface area contributed by atoms with Gasteiger partial charge in [-0.05, 0) is 12.5 Å². The summed E-state index contributed by atoms with van der Waals surface area (Å²) in [4.78, 5) is 12.4. The van der Waals surface area contributed by atoms with Crippen molar-refractivity contribution < 1.29 is 9.66 Å². The molecule has 0 amide bonds. The molecule has 1 aromatic rings. The lowest BCUT2D eigenvalue weighted by Crippen LogP contribution is -2.16. The van der Waals surface area contributed by atoms with Gasteiger partial charge in [0.05, 0.1) is 11.5 Å². The number of hydrogen-bond acceptors (Lipinski definition) is 4. The van der Waals surface area contributed by atoms with Gasteiger partial charge in [0.15, 0.2) is 5.75 Å². The number of nitro benzene ring substituents is 1. The quantitative estimate of drug-likeness (QED) is 0.312. The van der Waals surface area contributed by atoms with Gasteiger partial charge < -0.3 is 9.64 Å². The largest absolute Gasteiger partial charge is 0.486 e. The maximum absolute atomic E-state index is 10.9. The Hall–Kier alpha value is -2.30. The smallest absolute Gasteiger partial charge is 0.311 e. The highest BCUT2D eigenvalue weighted by Gasteiger charge is 2.16. The molecule has 0 fully saturated rings. The summed E-state index contributed by atoms with van der Waals surface area (Å²) in [5.41, 5.74) is 0.818. The normalized spacial score (nSPS) is 9.74. The Morgan fingerprint density at radius 1 is 1.42 bits per heavy atom. The van der Waals surface area contributed by atoms with E-state index in [4.69, 9.17) is 4.74 Å². The molecule has 0 atom stereocenters. The molecule has 0 saturated carbocycles. The Kier molecular flexibility index (Phi) is 5.60. The van der Waals surface area contributed by atoms with Gasteiger partial charge in [0, 0.05) is 31.4 Å². The maximum atomic E-state index is 10.9. The SMILES string of the molecule is C=CCCOc1cc(N(C)CC=C)ccc1[N+](=O)[O-]. The van der Waals surface area contributed by atoms with Crippen molar-refractivity contribution in [1.29, 1.82) is 0 Å². The van der Waals surface area contributed by atoms with Crippen LogP contribution in [0.1, 0.15) is 6.42 Å². The molecule has 102 valence electrons. The predicted octanol–water partition coefficient (Wildman–Crippen LogP) is 3.17. The third kappa shape index (κ3) is 4.13. The van der Waals surface area contributed by atoms with Gasteiger partial charge in [-0.25, -0.2) is 0 Å². The molecule has 1 rings (SSSR count). The van der Waals surface area contributed by atoms with Crippen LogP contribution in [0.25, 0.3) is 0 Å². The third-order valence-corrected chi connectivity index (χ3v) is 2.56. The van der Waals surface area contributed by atoms with Crippen molar-refractivity contribution in [1.82, 2.24) is 0 Å². The van der Waals surface area contributed by atoms with Gasteiger partial charge in [0.2, 0.25) is 0 Å². The number of nitrogens with zero attached hydrogens (tertiary/aromatic N) is 2. The van der Waals surface area contributed by atoms with Gasteiger partial charge in [0.25, 0.3) is 0 Å². The van der Waals surface area contributed by atoms with Crippen LogP contribution >= 0.6 is 0 Å². The van der Waals surface area contributed by atoms with Gasteiger partial charge in [-0.3, -0.25) is 10.1 Å². The molecule has 0 saturated heterocycles. The molecule has 0 unspecified atom stereocenters. The van der Waals surface area contributed by atoms with Crippen LogP contribution in [0.15, 0.2) is 43.5 Å². The van der Waals surface area contributed by atoms with E-state index in [9.17, 15) is 10.1 Å². The van der Waals surface area contributed by atoms with Crippen LogP contribution in [0.2, 0.25) is 0 Å². The van der Waals surface area contributed by atoms with Crippen molar-refractivity contribution in [2.24, 2.45) is 0 Å². The average Bonchev–Trinajstić information content (AvgIpc) is 2.39. The second-order valence-corrected chi connectivity index (χ2v) is 4.00. The number of anilines is 1. The fraction of sp³-hybridized carbons (Fsp3) is 0.286. The van der Waals surface area contributed by atoms with E-state index in [1.54, 1.807) is 24.3 Å². The summed E-state index contributed by atoms with van der Waals surface area (Å²) >= 11 is 0. The molecule has 0 aromatic heterocycles. The van der Waals surface area contributed by atoms with Crippen LogP contribution in [-0.2, 0) is 0 Å². The van der Waals surface area contributed by atoms with Gasteiger partial charge in [-0.2, -0.15) is 0 Å². The van der Waals surface area contributed by atoms with E-state index < -0.39 is 4.92 Å². The van der Waals surface area contributed by atoms with Gasteiger partial charge in [0.1, 0.15) is 0 Å². The molecular weight excluding hydrogens is 244 g/mol. The number of rotatable bonds is 8. The molecule has 0 aliphatic heterocycles. The van der Waals surface area contributed by atoms with Crippen molar-refractivity contribution in [2.45, 2.75) is 6.42 Å². The van der Waals surface area contributed by atoms with Gasteiger partial charge >= 0.3 is 5.69 Å². The molecule has 0 heterocycles. The summed E-state index contributed by atoms with van der Waals surface area (Å²) in [6, 6.07) is 4.82. The van der Waals surface area contributed by atoms with E-state index in [-0.39, 0.29) is 11.4 Å². The monoisotopic (exact) mass is 262 g/mol. The summed E-state index contributed by atoms with van der Waals surface area (Å²) in [6.07, 6.45) is 4.11. The first-order valence-corrected chi connectivity index (χ1v) is 5.94. The molecule has 5 heteroatoms. The second kappa shape index (κ2) is 7.20. The highest BCUT2D eigenvalue weighted by atomic mass is 16.6. The van der Waals surface area contributed by atoms with Gasteiger partial charge in [-0.15, -0.1) is 13.2 Å². The van der Waals surface area contributed by atoms with Crippen molar-refractivity contribution in [3.05, 3.63) is 53.6 Å². The molecule has 0 N–H and O–H groups in total. The van der Waals surface area contributed by atoms with Crippen LogP contribution in [0, 0.1) is 10.1 Å². The van der Waals surface area contributed by atoms with Crippen molar-refractivity contribution in [3.8, 4) is 5.75 Å². The second-order valence-electron chi connectivity index (χ2n) is 4.00. The summed E-state index contributed by atoms with van der Waals surface area (Å²) in [5.74, 6) is 0.278. The maximum Gasteiger partial charge on any atom is 0.311 e. The summed E-state index contributed by atoms with van der Waals surface area (Å²) in [5, 5.41) is 10.9. The van der Waals surface area contributed by atoms with Crippen LogP contribution in [-0.4, -0.2) is 25.1 Å². The standard InChI is InChI=1S/C14H18N2O3/c1-4-6-10-19-14-11-12(15(3)9-5-2)7-8-13(14)16(17)18/h4-5,7-8,11H,1-2,6,9-10H2,3H3. The first-order valence-electron chi connectivity index (χ1n) is 5.94. The molecular formula is C14H18N2O3. The van der Waals surface area contributed by atoms with E-state index in [0.717, 1.165) is 5.69 Å². The zero-order valence-corrected chi connectivity index (χ0v) is 11.0. The van der Waals surface area contributed by atoms with E-state index in [1.807, 2.05) is 11.9 Å². The minimum absolute atomic E-state index is 0.0279. The van der Waals surface area contributed by atoms with Crippen molar-refractivity contribution in [3.63, 3.8) is 0 Å². The summed E-state index contributed by atoms with van der Waals surface area (Å²) in [7, 11) is 1.89. The zero-order valence-electron chi connectivity index (χ0n) is 11.0. The first-order chi connectivity index (χ1) is 9.10. The van der Waals surface area contributed by atoms with Crippen molar-refractivity contribution >= 4 is 11.4 Å². The molecule has 0 aliphatic rings. The highest BCUT2D eigenvalue weighted by molar-refractivity contribution is 5.59. The minimum Gasteiger partial charge on any atom is -0.486 e. The molecule has 0 radical (unpaired) electrons.